The fourth-order valence-electron chi connectivity index (χ4n) is 4.96. The summed E-state index contributed by atoms with van der Waals surface area (Å²) in [7, 11) is 0. The van der Waals surface area contributed by atoms with Crippen molar-refractivity contribution in [3.05, 3.63) is 70.5 Å². The van der Waals surface area contributed by atoms with Crippen LogP contribution in [0.4, 0.5) is 23.0 Å². The molecule has 0 amide bonds. The van der Waals surface area contributed by atoms with Gasteiger partial charge in [0.25, 0.3) is 0 Å². The van der Waals surface area contributed by atoms with Crippen LogP contribution in [-0.2, 0) is 27.0 Å². The number of hydrogen-bond donors (Lipinski definition) is 3. The van der Waals surface area contributed by atoms with E-state index in [0.29, 0.717) is 11.5 Å². The first kappa shape index (κ1) is 35.9. The molecule has 4 aromatic rings. The molecular formula is C36H50N6O4. The molecule has 0 fully saturated rings. The van der Waals surface area contributed by atoms with Crippen molar-refractivity contribution in [2.24, 2.45) is 0 Å². The van der Waals surface area contributed by atoms with Crippen LogP contribution >= 0.6 is 0 Å². The Balaban J connectivity index is 0.000000266. The molecule has 0 unspecified atom stereocenters. The molecule has 10 nitrogen and oxygen atoms in total. The van der Waals surface area contributed by atoms with Gasteiger partial charge in [0.1, 0.15) is 11.5 Å². The summed E-state index contributed by atoms with van der Waals surface area (Å²) in [6.07, 6.45) is 4.78. The Bertz CT molecular complexity index is 1620. The van der Waals surface area contributed by atoms with Crippen LogP contribution in [0.1, 0.15) is 96.6 Å². The van der Waals surface area contributed by atoms with Crippen molar-refractivity contribution in [2.75, 3.05) is 10.6 Å². The molecule has 0 atom stereocenters. The van der Waals surface area contributed by atoms with E-state index in [1.165, 1.54) is 13.8 Å². The topological polar surface area (TPSA) is 123 Å². The van der Waals surface area contributed by atoms with Crippen LogP contribution in [0.5, 0.6) is 11.5 Å². The van der Waals surface area contributed by atoms with E-state index in [1.807, 2.05) is 49.8 Å². The summed E-state index contributed by atoms with van der Waals surface area (Å²) in [5.41, 5.74) is 6.45. The largest absolute Gasteiger partial charge is 0.426 e. The molecule has 0 radical (unpaired) electrons. The summed E-state index contributed by atoms with van der Waals surface area (Å²) in [6, 6.07) is 9.90. The van der Waals surface area contributed by atoms with Crippen LogP contribution in [0.2, 0.25) is 0 Å². The maximum atomic E-state index is 11.8. The monoisotopic (exact) mass is 630 g/mol. The number of aryl methyl sites for hydroxylation is 2. The minimum absolute atomic E-state index is 0.177. The number of carbonyl (C=O) groups excluding carboxylic acids is 2. The number of aromatic amines is 1. The van der Waals surface area contributed by atoms with E-state index in [0.717, 1.165) is 63.8 Å². The molecule has 0 bridgehead atoms. The van der Waals surface area contributed by atoms with E-state index < -0.39 is 0 Å². The van der Waals surface area contributed by atoms with Gasteiger partial charge in [-0.1, -0.05) is 48.5 Å². The molecule has 46 heavy (non-hydrogen) atoms. The highest BCUT2D eigenvalue weighted by molar-refractivity contribution is 5.74. The number of H-pyrrole nitrogens is 1. The minimum atomic E-state index is -0.307. The Morgan fingerprint density at radius 3 is 1.91 bits per heavy atom. The van der Waals surface area contributed by atoms with Gasteiger partial charge in [-0.25, -0.2) is 0 Å². The lowest BCUT2D eigenvalue weighted by molar-refractivity contribution is -0.133. The van der Waals surface area contributed by atoms with Crippen molar-refractivity contribution in [1.82, 2.24) is 20.0 Å². The number of hydrogen-bond acceptors (Lipinski definition) is 8. The van der Waals surface area contributed by atoms with Crippen LogP contribution in [0.15, 0.2) is 42.7 Å². The van der Waals surface area contributed by atoms with Crippen LogP contribution in [-0.4, -0.2) is 31.9 Å². The van der Waals surface area contributed by atoms with Gasteiger partial charge in [-0.15, -0.1) is 0 Å². The average molecular weight is 631 g/mol. The van der Waals surface area contributed by atoms with Gasteiger partial charge in [-0.05, 0) is 72.9 Å². The zero-order valence-electron chi connectivity index (χ0n) is 29.4. The summed E-state index contributed by atoms with van der Waals surface area (Å²) in [5.74, 6) is 2.26. The Morgan fingerprint density at radius 2 is 1.41 bits per heavy atom. The summed E-state index contributed by atoms with van der Waals surface area (Å²) < 4.78 is 12.9. The first-order chi connectivity index (χ1) is 21.4. The van der Waals surface area contributed by atoms with Gasteiger partial charge in [-0.3, -0.25) is 19.4 Å². The minimum Gasteiger partial charge on any atom is -0.426 e. The lowest BCUT2D eigenvalue weighted by Crippen LogP contribution is -2.21. The molecule has 0 saturated carbocycles. The summed E-state index contributed by atoms with van der Waals surface area (Å²) in [5, 5.41) is 18.0. The second-order valence-electron chi connectivity index (χ2n) is 13.6. The summed E-state index contributed by atoms with van der Waals surface area (Å²) in [4.78, 5) is 22.9. The standard InChI is InChI=1S/C22H33N3O2.C14H17N3O2/c1-9-11-25-12-10-19(24-25)23-16-13-17(21(3,4)5)20(27-15(2)26)18(14-16)22(6,7)8;1-8-7-12(16-13-5-6-15-17-13)9(2)10(3)14(8)19-11(4)18/h10,12-14H,9,11H2,1-8H3,(H,23,24);5-7H,1-4H3,(H2,15,16,17). The molecule has 0 spiro atoms. The van der Waals surface area contributed by atoms with Gasteiger partial charge in [-0.2, -0.15) is 10.2 Å². The zero-order chi connectivity index (χ0) is 34.4. The second kappa shape index (κ2) is 14.7. The average Bonchev–Trinajstić information content (AvgIpc) is 3.61. The van der Waals surface area contributed by atoms with Crippen molar-refractivity contribution in [1.29, 1.82) is 0 Å². The number of nitrogens with one attached hydrogen (secondary N) is 3. The first-order valence-electron chi connectivity index (χ1n) is 15.6. The normalized spacial score (nSPS) is 11.4. The Hall–Kier alpha value is -4.60. The fraction of sp³-hybridized carbons (Fsp3) is 0.444. The zero-order valence-corrected chi connectivity index (χ0v) is 29.4. The number of benzene rings is 2. The first-order valence-corrected chi connectivity index (χ1v) is 15.6. The van der Waals surface area contributed by atoms with E-state index in [-0.39, 0.29) is 22.8 Å². The molecular weight excluding hydrogens is 580 g/mol. The summed E-state index contributed by atoms with van der Waals surface area (Å²) in [6.45, 7) is 24.5. The van der Waals surface area contributed by atoms with Crippen LogP contribution in [0.3, 0.4) is 0 Å². The number of anilines is 4. The molecule has 0 aliphatic rings. The van der Waals surface area contributed by atoms with E-state index in [4.69, 9.17) is 9.47 Å². The van der Waals surface area contributed by atoms with Crippen LogP contribution in [0, 0.1) is 20.8 Å². The van der Waals surface area contributed by atoms with Gasteiger partial charge < -0.3 is 20.1 Å². The lowest BCUT2D eigenvalue weighted by Gasteiger charge is -2.30. The second-order valence-corrected chi connectivity index (χ2v) is 13.6. The number of esters is 2. The van der Waals surface area contributed by atoms with Gasteiger partial charge in [0.15, 0.2) is 11.6 Å². The van der Waals surface area contributed by atoms with Crippen molar-refractivity contribution < 1.29 is 19.1 Å². The van der Waals surface area contributed by atoms with Crippen LogP contribution < -0.4 is 20.1 Å². The fourth-order valence-corrected chi connectivity index (χ4v) is 4.96. The van der Waals surface area contributed by atoms with Gasteiger partial charge in [0.2, 0.25) is 0 Å². The van der Waals surface area contributed by atoms with Crippen molar-refractivity contribution in [3.8, 4) is 11.5 Å². The highest BCUT2D eigenvalue weighted by Gasteiger charge is 2.29. The molecule has 2 aromatic heterocycles. The number of nitrogens with zero attached hydrogens (tertiary/aromatic N) is 3. The smallest absolute Gasteiger partial charge is 0.308 e. The number of carbonyl (C=O) groups is 2. The number of rotatable bonds is 8. The van der Waals surface area contributed by atoms with Crippen molar-refractivity contribution in [2.45, 2.75) is 107 Å². The van der Waals surface area contributed by atoms with Gasteiger partial charge in [0, 0.05) is 67.4 Å². The molecule has 2 aromatic carbocycles. The third-order valence-electron chi connectivity index (χ3n) is 7.35. The molecule has 248 valence electrons. The molecule has 4 rings (SSSR count). The van der Waals surface area contributed by atoms with Crippen LogP contribution in [0.25, 0.3) is 0 Å². The van der Waals surface area contributed by atoms with Crippen molar-refractivity contribution in [3.63, 3.8) is 0 Å². The molecule has 0 saturated heterocycles. The highest BCUT2D eigenvalue weighted by atomic mass is 16.5. The third kappa shape index (κ3) is 9.45. The predicted molar refractivity (Wildman–Crippen MR) is 185 cm³/mol. The van der Waals surface area contributed by atoms with E-state index in [2.05, 4.69) is 86.5 Å². The summed E-state index contributed by atoms with van der Waals surface area (Å²) >= 11 is 0. The maximum absolute atomic E-state index is 11.8. The van der Waals surface area contributed by atoms with E-state index in [1.54, 1.807) is 6.20 Å². The number of ether oxygens (including phenoxy) is 2. The molecule has 0 aliphatic heterocycles. The SMILES string of the molecule is CC(=O)Oc1c(C)cc(Nc2cc[nH]n2)c(C)c1C.CCCn1ccc(Nc2cc(C(C)(C)C)c(OC(C)=O)c(C(C)(C)C)c2)n1. The Kier molecular flexibility index (Phi) is 11.4. The molecule has 3 N–H and O–H groups in total. The van der Waals surface area contributed by atoms with E-state index in [9.17, 15) is 9.59 Å². The van der Waals surface area contributed by atoms with Gasteiger partial charge in [0.05, 0.1) is 0 Å². The quantitative estimate of drug-likeness (QED) is 0.131. The van der Waals surface area contributed by atoms with Gasteiger partial charge >= 0.3 is 11.9 Å². The highest BCUT2D eigenvalue weighted by Crippen LogP contribution is 2.42. The third-order valence-corrected chi connectivity index (χ3v) is 7.35. The Morgan fingerprint density at radius 1 is 0.826 bits per heavy atom. The molecule has 0 aliphatic carbocycles. The van der Waals surface area contributed by atoms with Crippen molar-refractivity contribution >= 4 is 34.9 Å². The Labute approximate surface area is 273 Å². The van der Waals surface area contributed by atoms with E-state index >= 15 is 0 Å². The maximum Gasteiger partial charge on any atom is 0.308 e. The number of aromatic nitrogens is 4. The predicted octanol–water partition coefficient (Wildman–Crippen LogP) is 8.56. The molecule has 10 heteroatoms. The lowest BCUT2D eigenvalue weighted by atomic mass is 9.79. The molecule has 2 heterocycles.